The topological polar surface area (TPSA) is 101 Å². The Morgan fingerprint density at radius 1 is 1.16 bits per heavy atom. The van der Waals surface area contributed by atoms with Crippen molar-refractivity contribution in [2.24, 2.45) is 0 Å². The van der Waals surface area contributed by atoms with Crippen molar-refractivity contribution in [3.63, 3.8) is 0 Å². The van der Waals surface area contributed by atoms with Crippen LogP contribution in [-0.2, 0) is 24.4 Å². The van der Waals surface area contributed by atoms with Crippen LogP contribution in [0.5, 0.6) is 0 Å². The monoisotopic (exact) mass is 314 g/mol. The zero-order chi connectivity index (χ0) is 13.4. The molecule has 1 aliphatic rings. The molecular formula is C10H11NaO6S2. The van der Waals surface area contributed by atoms with Gasteiger partial charge in [-0.2, -0.15) is 0 Å². The summed E-state index contributed by atoms with van der Waals surface area (Å²) < 4.78 is 59.2. The molecule has 1 aromatic carbocycles. The molecule has 1 saturated heterocycles. The Kier molecular flexibility index (Phi) is 5.59. The third-order valence-corrected chi connectivity index (χ3v) is 4.96. The van der Waals surface area contributed by atoms with Crippen LogP contribution in [0, 0.1) is 0 Å². The molecule has 1 fully saturated rings. The van der Waals surface area contributed by atoms with E-state index in [1.54, 1.807) is 30.3 Å². The predicted octanol–water partition coefficient (Wildman–Crippen LogP) is -2.95. The van der Waals surface area contributed by atoms with E-state index >= 15 is 0 Å². The van der Waals surface area contributed by atoms with Gasteiger partial charge in [0.25, 0.3) is 0 Å². The largest absolute Gasteiger partial charge is 1.00 e. The van der Waals surface area contributed by atoms with Crippen molar-refractivity contribution in [1.29, 1.82) is 0 Å². The fraction of sp³-hybridized carbons (Fsp3) is 0.400. The Morgan fingerprint density at radius 3 is 2.26 bits per heavy atom. The van der Waals surface area contributed by atoms with Crippen molar-refractivity contribution in [3.8, 4) is 0 Å². The second-order valence-corrected chi connectivity index (χ2v) is 7.30. The summed E-state index contributed by atoms with van der Waals surface area (Å²) in [5, 5.41) is 0. The first-order chi connectivity index (χ1) is 8.27. The van der Waals surface area contributed by atoms with Gasteiger partial charge in [-0.1, -0.05) is 30.3 Å². The van der Waals surface area contributed by atoms with Gasteiger partial charge in [0.15, 0.2) is 9.84 Å². The van der Waals surface area contributed by atoms with Crippen molar-refractivity contribution in [2.45, 2.75) is 12.0 Å². The fourth-order valence-corrected chi connectivity index (χ4v) is 4.55. The van der Waals surface area contributed by atoms with Crippen molar-refractivity contribution >= 4 is 20.2 Å². The molecule has 100 valence electrons. The summed E-state index contributed by atoms with van der Waals surface area (Å²) in [4.78, 5) is 0. The Balaban J connectivity index is 0.00000180. The van der Waals surface area contributed by atoms with Gasteiger partial charge < -0.3 is 4.55 Å². The third kappa shape index (κ3) is 4.82. The van der Waals surface area contributed by atoms with Crippen LogP contribution >= 0.6 is 0 Å². The molecule has 1 heterocycles. The first kappa shape index (κ1) is 17.1. The van der Waals surface area contributed by atoms with E-state index in [0.717, 1.165) is 0 Å². The van der Waals surface area contributed by atoms with E-state index in [0.29, 0.717) is 5.56 Å². The average molecular weight is 314 g/mol. The smallest absolute Gasteiger partial charge is 0.726 e. The number of hydrogen-bond acceptors (Lipinski definition) is 6. The van der Waals surface area contributed by atoms with Gasteiger partial charge in [0.1, 0.15) is 0 Å². The molecule has 2 unspecified atom stereocenters. The summed E-state index contributed by atoms with van der Waals surface area (Å²) >= 11 is 0. The van der Waals surface area contributed by atoms with E-state index in [4.69, 9.17) is 0 Å². The van der Waals surface area contributed by atoms with Crippen molar-refractivity contribution in [1.82, 2.24) is 0 Å². The van der Waals surface area contributed by atoms with E-state index in [1.165, 1.54) is 0 Å². The molecule has 2 rings (SSSR count). The molecule has 6 nitrogen and oxygen atoms in total. The molecule has 0 aromatic heterocycles. The molecule has 0 saturated carbocycles. The Hall–Kier alpha value is 0.0400. The first-order valence-electron chi connectivity index (χ1n) is 5.16. The average Bonchev–Trinajstić information content (AvgIpc) is 2.52. The van der Waals surface area contributed by atoms with E-state index in [2.05, 4.69) is 4.18 Å². The van der Waals surface area contributed by atoms with Crippen LogP contribution in [0.3, 0.4) is 0 Å². The first-order valence-corrected chi connectivity index (χ1v) is 8.32. The molecule has 1 aliphatic heterocycles. The van der Waals surface area contributed by atoms with Crippen molar-refractivity contribution < 1.29 is 55.1 Å². The summed E-state index contributed by atoms with van der Waals surface area (Å²) in [6.07, 6.45) is -1.14. The van der Waals surface area contributed by atoms with Gasteiger partial charge in [-0.15, -0.1) is 0 Å². The normalized spacial score (nSPS) is 25.7. The van der Waals surface area contributed by atoms with Crippen LogP contribution in [0.4, 0.5) is 0 Å². The molecular weight excluding hydrogens is 303 g/mol. The van der Waals surface area contributed by atoms with Gasteiger partial charge in [-0.3, -0.25) is 4.18 Å². The number of sulfone groups is 1. The van der Waals surface area contributed by atoms with Gasteiger partial charge in [0.2, 0.25) is 10.4 Å². The third-order valence-electron chi connectivity index (χ3n) is 2.77. The number of hydrogen-bond donors (Lipinski definition) is 0. The van der Waals surface area contributed by atoms with Crippen LogP contribution in [0.25, 0.3) is 0 Å². The summed E-state index contributed by atoms with van der Waals surface area (Å²) in [6, 6.07) is 8.54. The Labute approximate surface area is 134 Å². The molecule has 2 atom stereocenters. The summed E-state index contributed by atoms with van der Waals surface area (Å²) in [7, 11) is -8.31. The predicted molar refractivity (Wildman–Crippen MR) is 62.4 cm³/mol. The van der Waals surface area contributed by atoms with Crippen LogP contribution in [0.1, 0.15) is 11.5 Å². The minimum atomic E-state index is -4.91. The van der Waals surface area contributed by atoms with Gasteiger partial charge in [-0.25, -0.2) is 16.8 Å². The molecule has 1 aromatic rings. The van der Waals surface area contributed by atoms with Crippen molar-refractivity contribution in [2.75, 3.05) is 11.5 Å². The molecule has 0 spiro atoms. The summed E-state index contributed by atoms with van der Waals surface area (Å²) in [6.45, 7) is 0. The SMILES string of the molecule is O=S1(=O)CC(OS(=O)(=O)[O-])C(c2ccccc2)C1.[Na+]. The van der Waals surface area contributed by atoms with Crippen LogP contribution in [0.15, 0.2) is 30.3 Å². The second kappa shape index (κ2) is 6.21. The number of benzene rings is 1. The maximum atomic E-state index is 11.5. The van der Waals surface area contributed by atoms with Gasteiger partial charge >= 0.3 is 29.6 Å². The molecule has 0 radical (unpaired) electrons. The molecule has 0 amide bonds. The van der Waals surface area contributed by atoms with Crippen LogP contribution in [0.2, 0.25) is 0 Å². The maximum Gasteiger partial charge on any atom is 1.00 e. The molecule has 0 aliphatic carbocycles. The Morgan fingerprint density at radius 2 is 1.74 bits per heavy atom. The van der Waals surface area contributed by atoms with Gasteiger partial charge in [0, 0.05) is 5.92 Å². The molecule has 0 bridgehead atoms. The molecule has 19 heavy (non-hydrogen) atoms. The van der Waals surface area contributed by atoms with E-state index in [1.807, 2.05) is 0 Å². The standard InChI is InChI=1S/C10H12O6S2.Na/c11-17(12)6-9(8-4-2-1-3-5-8)10(7-17)16-18(13,14)15;/h1-5,9-10H,6-7H2,(H,13,14,15);/q;+1/p-1. The van der Waals surface area contributed by atoms with Gasteiger partial charge in [0.05, 0.1) is 17.6 Å². The van der Waals surface area contributed by atoms with E-state index in [-0.39, 0.29) is 35.3 Å². The summed E-state index contributed by atoms with van der Waals surface area (Å²) in [5.74, 6) is -1.29. The van der Waals surface area contributed by atoms with Crippen molar-refractivity contribution in [3.05, 3.63) is 35.9 Å². The quantitative estimate of drug-likeness (QED) is 0.336. The second-order valence-electron chi connectivity index (χ2n) is 4.14. The zero-order valence-electron chi connectivity index (χ0n) is 10.2. The van der Waals surface area contributed by atoms with E-state index in [9.17, 15) is 21.4 Å². The minimum Gasteiger partial charge on any atom is -0.726 e. The number of rotatable bonds is 3. The van der Waals surface area contributed by atoms with Gasteiger partial charge in [-0.05, 0) is 5.56 Å². The summed E-state index contributed by atoms with van der Waals surface area (Å²) in [5.41, 5.74) is 0.646. The zero-order valence-corrected chi connectivity index (χ0v) is 13.9. The van der Waals surface area contributed by atoms with E-state index < -0.39 is 38.0 Å². The molecule has 9 heteroatoms. The Bertz CT molecular complexity index is 625. The molecule has 0 N–H and O–H groups in total. The van der Waals surface area contributed by atoms with Crippen LogP contribution in [-0.4, -0.2) is 39.0 Å². The fourth-order valence-electron chi connectivity index (χ4n) is 2.07. The van der Waals surface area contributed by atoms with Crippen LogP contribution < -0.4 is 29.6 Å². The minimum absolute atomic E-state index is 0. The maximum absolute atomic E-state index is 11.5.